The number of anilines is 1. The van der Waals surface area contributed by atoms with Gasteiger partial charge in [-0.25, -0.2) is 9.50 Å². The first-order chi connectivity index (χ1) is 9.20. The topological polar surface area (TPSA) is 59.5 Å². The smallest absolute Gasteiger partial charge is 0.152 e. The molecule has 1 fully saturated rings. The van der Waals surface area contributed by atoms with Gasteiger partial charge in [0.25, 0.3) is 0 Å². The molecular weight excluding hydrogens is 353 g/mol. The summed E-state index contributed by atoms with van der Waals surface area (Å²) in [6.07, 6.45) is 3.96. The number of nitrogens with two attached hydrogens (primary N) is 1. The number of nitrogens with zero attached hydrogens (tertiary/aromatic N) is 4. The van der Waals surface area contributed by atoms with Crippen molar-refractivity contribution in [1.82, 2.24) is 19.5 Å². The molecule has 6 heteroatoms. The van der Waals surface area contributed by atoms with Crippen molar-refractivity contribution in [2.45, 2.75) is 25.7 Å². The average Bonchev–Trinajstić information content (AvgIpc) is 2.96. The summed E-state index contributed by atoms with van der Waals surface area (Å²) >= 11 is 2.32. The third-order valence-electron chi connectivity index (χ3n) is 3.79. The SMILES string of the molecule is CCCN1CCC(c2cc(I)c3c(N)ncnn23)C1. The van der Waals surface area contributed by atoms with E-state index < -0.39 is 0 Å². The maximum atomic E-state index is 5.96. The molecule has 2 aromatic rings. The van der Waals surface area contributed by atoms with Gasteiger partial charge in [0.1, 0.15) is 11.8 Å². The summed E-state index contributed by atoms with van der Waals surface area (Å²) in [4.78, 5) is 6.61. The van der Waals surface area contributed by atoms with Gasteiger partial charge in [0.05, 0.1) is 0 Å². The summed E-state index contributed by atoms with van der Waals surface area (Å²) < 4.78 is 3.11. The molecule has 2 aromatic heterocycles. The van der Waals surface area contributed by atoms with Crippen LogP contribution in [0.3, 0.4) is 0 Å². The van der Waals surface area contributed by atoms with Gasteiger partial charge >= 0.3 is 0 Å². The Hall–Kier alpha value is -0.890. The molecule has 3 heterocycles. The van der Waals surface area contributed by atoms with Crippen molar-refractivity contribution in [3.8, 4) is 0 Å². The Bertz CT molecular complexity index is 594. The van der Waals surface area contributed by atoms with Gasteiger partial charge in [-0.1, -0.05) is 6.92 Å². The lowest BCUT2D eigenvalue weighted by molar-refractivity contribution is 0.334. The molecule has 0 radical (unpaired) electrons. The minimum absolute atomic E-state index is 0.553. The molecule has 1 unspecified atom stereocenters. The Morgan fingerprint density at radius 2 is 2.37 bits per heavy atom. The number of fused-ring (bicyclic) bond motifs is 1. The van der Waals surface area contributed by atoms with Crippen LogP contribution in [0.5, 0.6) is 0 Å². The van der Waals surface area contributed by atoms with Gasteiger partial charge in [0.2, 0.25) is 0 Å². The van der Waals surface area contributed by atoms with Crippen molar-refractivity contribution in [2.75, 3.05) is 25.4 Å². The fraction of sp³-hybridized carbons (Fsp3) is 0.538. The van der Waals surface area contributed by atoms with Crippen LogP contribution in [0, 0.1) is 3.57 Å². The van der Waals surface area contributed by atoms with Crippen molar-refractivity contribution < 1.29 is 0 Å². The monoisotopic (exact) mass is 371 g/mol. The van der Waals surface area contributed by atoms with Gasteiger partial charge in [-0.15, -0.1) is 0 Å². The van der Waals surface area contributed by atoms with Crippen LogP contribution in [-0.4, -0.2) is 39.1 Å². The van der Waals surface area contributed by atoms with E-state index in [0.717, 1.165) is 15.6 Å². The quantitative estimate of drug-likeness (QED) is 0.840. The van der Waals surface area contributed by atoms with E-state index in [1.807, 2.05) is 4.52 Å². The molecule has 0 spiro atoms. The Morgan fingerprint density at radius 1 is 1.53 bits per heavy atom. The lowest BCUT2D eigenvalue weighted by Gasteiger charge is -2.14. The highest BCUT2D eigenvalue weighted by Crippen LogP contribution is 2.31. The van der Waals surface area contributed by atoms with Gasteiger partial charge in [-0.2, -0.15) is 5.10 Å². The maximum Gasteiger partial charge on any atom is 0.152 e. The minimum Gasteiger partial charge on any atom is -0.382 e. The molecule has 5 nitrogen and oxygen atoms in total. The fourth-order valence-corrected chi connectivity index (χ4v) is 3.75. The van der Waals surface area contributed by atoms with E-state index in [2.05, 4.69) is 50.6 Å². The zero-order valence-electron chi connectivity index (χ0n) is 11.0. The van der Waals surface area contributed by atoms with Crippen LogP contribution in [0.25, 0.3) is 5.52 Å². The lowest BCUT2D eigenvalue weighted by atomic mass is 10.1. The largest absolute Gasteiger partial charge is 0.382 e. The van der Waals surface area contributed by atoms with Gasteiger partial charge < -0.3 is 10.6 Å². The normalized spacial score (nSPS) is 20.4. The van der Waals surface area contributed by atoms with Gasteiger partial charge in [-0.05, 0) is 54.6 Å². The Morgan fingerprint density at radius 3 is 3.16 bits per heavy atom. The molecule has 1 aliphatic rings. The first kappa shape index (κ1) is 13.1. The van der Waals surface area contributed by atoms with Crippen LogP contribution in [-0.2, 0) is 0 Å². The number of hydrogen-bond acceptors (Lipinski definition) is 4. The van der Waals surface area contributed by atoms with E-state index in [-0.39, 0.29) is 0 Å². The summed E-state index contributed by atoms with van der Waals surface area (Å²) in [7, 11) is 0. The van der Waals surface area contributed by atoms with Crippen LogP contribution in [0.1, 0.15) is 31.4 Å². The number of halogens is 1. The summed E-state index contributed by atoms with van der Waals surface area (Å²) in [5.74, 6) is 1.12. The van der Waals surface area contributed by atoms with E-state index in [1.54, 1.807) is 6.33 Å². The fourth-order valence-electron chi connectivity index (χ4n) is 2.93. The molecule has 0 aromatic carbocycles. The minimum atomic E-state index is 0.553. The maximum absolute atomic E-state index is 5.96. The number of likely N-dealkylation sites (tertiary alicyclic amines) is 1. The zero-order chi connectivity index (χ0) is 13.4. The van der Waals surface area contributed by atoms with E-state index in [0.29, 0.717) is 11.7 Å². The average molecular weight is 371 g/mol. The number of hydrogen-bond donors (Lipinski definition) is 1. The van der Waals surface area contributed by atoms with Gasteiger partial charge in [0.15, 0.2) is 5.82 Å². The molecular formula is C13H18IN5. The number of nitrogen functional groups attached to an aromatic ring is 1. The molecule has 0 bridgehead atoms. The molecule has 1 atom stereocenters. The molecule has 0 saturated carbocycles. The Labute approximate surface area is 126 Å². The molecule has 3 rings (SSSR count). The lowest BCUT2D eigenvalue weighted by Crippen LogP contribution is -2.21. The van der Waals surface area contributed by atoms with Crippen molar-refractivity contribution in [3.63, 3.8) is 0 Å². The molecule has 102 valence electrons. The highest BCUT2D eigenvalue weighted by atomic mass is 127. The third-order valence-corrected chi connectivity index (χ3v) is 4.62. The van der Waals surface area contributed by atoms with E-state index in [4.69, 9.17) is 5.73 Å². The second-order valence-electron chi connectivity index (χ2n) is 5.11. The molecule has 0 amide bonds. The summed E-state index contributed by atoms with van der Waals surface area (Å²) in [5.41, 5.74) is 8.18. The predicted molar refractivity (Wildman–Crippen MR) is 84.2 cm³/mol. The molecule has 0 aliphatic carbocycles. The van der Waals surface area contributed by atoms with Crippen LogP contribution in [0.15, 0.2) is 12.4 Å². The number of rotatable bonds is 3. The number of aromatic nitrogens is 3. The van der Waals surface area contributed by atoms with Gasteiger partial charge in [0, 0.05) is 21.7 Å². The summed E-state index contributed by atoms with van der Waals surface area (Å²) in [5, 5.41) is 4.38. The standard InChI is InChI=1S/C13H18IN5/c1-2-4-18-5-3-9(7-18)11-6-10(14)12-13(15)16-8-17-19(11)12/h6,8-9H,2-5,7H2,1H3,(H2,15,16,17). The van der Waals surface area contributed by atoms with Crippen molar-refractivity contribution in [3.05, 3.63) is 21.7 Å². The first-order valence-electron chi connectivity index (χ1n) is 6.70. The third kappa shape index (κ3) is 2.31. The molecule has 2 N–H and O–H groups in total. The van der Waals surface area contributed by atoms with Crippen molar-refractivity contribution in [2.24, 2.45) is 0 Å². The first-order valence-corrected chi connectivity index (χ1v) is 7.78. The van der Waals surface area contributed by atoms with E-state index >= 15 is 0 Å². The van der Waals surface area contributed by atoms with Crippen LogP contribution >= 0.6 is 22.6 Å². The van der Waals surface area contributed by atoms with Crippen molar-refractivity contribution >= 4 is 33.9 Å². The second-order valence-corrected chi connectivity index (χ2v) is 6.27. The van der Waals surface area contributed by atoms with Crippen LogP contribution < -0.4 is 5.73 Å². The van der Waals surface area contributed by atoms with E-state index in [1.165, 1.54) is 31.6 Å². The molecule has 1 saturated heterocycles. The zero-order valence-corrected chi connectivity index (χ0v) is 13.2. The summed E-state index contributed by atoms with van der Waals surface area (Å²) in [6.45, 7) is 5.73. The van der Waals surface area contributed by atoms with Crippen LogP contribution in [0.4, 0.5) is 5.82 Å². The highest BCUT2D eigenvalue weighted by Gasteiger charge is 2.27. The second kappa shape index (κ2) is 5.24. The Balaban J connectivity index is 1.96. The van der Waals surface area contributed by atoms with Crippen LogP contribution in [0.2, 0.25) is 0 Å². The highest BCUT2D eigenvalue weighted by molar-refractivity contribution is 14.1. The van der Waals surface area contributed by atoms with E-state index in [9.17, 15) is 0 Å². The van der Waals surface area contributed by atoms with Crippen molar-refractivity contribution in [1.29, 1.82) is 0 Å². The molecule has 1 aliphatic heterocycles. The molecule has 19 heavy (non-hydrogen) atoms. The predicted octanol–water partition coefficient (Wildman–Crippen LogP) is 2.12. The van der Waals surface area contributed by atoms with Gasteiger partial charge in [-0.3, -0.25) is 0 Å². The summed E-state index contributed by atoms with van der Waals surface area (Å²) in [6, 6.07) is 2.21. The Kier molecular flexibility index (Phi) is 3.62.